The maximum atomic E-state index is 10.0. The zero-order chi connectivity index (χ0) is 14.2. The van der Waals surface area contributed by atoms with Crippen LogP contribution in [0.4, 0.5) is 0 Å². The molecular weight excluding hydrogens is 230 g/mol. The van der Waals surface area contributed by atoms with E-state index >= 15 is 0 Å². The van der Waals surface area contributed by atoms with Crippen molar-refractivity contribution in [1.29, 1.82) is 0 Å². The molecule has 0 bridgehead atoms. The van der Waals surface area contributed by atoms with Crippen LogP contribution >= 0.6 is 0 Å². The van der Waals surface area contributed by atoms with E-state index in [0.29, 0.717) is 13.0 Å². The summed E-state index contributed by atoms with van der Waals surface area (Å²) in [5.41, 5.74) is 5.25. The SMILES string of the molecule is CCCCCC(C)O.NCCCCCCC(=O)O. The Morgan fingerprint density at radius 2 is 1.72 bits per heavy atom. The summed E-state index contributed by atoms with van der Waals surface area (Å²) in [5.74, 6) is -0.701. The minimum Gasteiger partial charge on any atom is -0.481 e. The second-order valence-corrected chi connectivity index (χ2v) is 4.69. The first-order valence-electron chi connectivity index (χ1n) is 7.14. The van der Waals surface area contributed by atoms with E-state index in [9.17, 15) is 4.79 Å². The number of hydrogen-bond donors (Lipinski definition) is 3. The standard InChI is InChI=1S/C7H15NO2.C7H16O/c8-6-4-2-1-3-5-7(9)10;1-3-4-5-6-7(2)8/h1-6,8H2,(H,9,10);7-8H,3-6H2,1-2H3. The van der Waals surface area contributed by atoms with Gasteiger partial charge in [-0.3, -0.25) is 4.79 Å². The Labute approximate surface area is 112 Å². The van der Waals surface area contributed by atoms with E-state index in [-0.39, 0.29) is 6.10 Å². The molecule has 18 heavy (non-hydrogen) atoms. The van der Waals surface area contributed by atoms with E-state index in [1.165, 1.54) is 19.3 Å². The molecule has 0 amide bonds. The van der Waals surface area contributed by atoms with Crippen molar-refractivity contribution in [1.82, 2.24) is 0 Å². The van der Waals surface area contributed by atoms with Gasteiger partial charge in [0.1, 0.15) is 0 Å². The van der Waals surface area contributed by atoms with Crippen molar-refractivity contribution in [2.75, 3.05) is 6.54 Å². The van der Waals surface area contributed by atoms with Crippen molar-refractivity contribution in [2.24, 2.45) is 5.73 Å². The van der Waals surface area contributed by atoms with Gasteiger partial charge in [0.05, 0.1) is 6.10 Å². The van der Waals surface area contributed by atoms with Gasteiger partial charge in [-0.2, -0.15) is 0 Å². The molecule has 0 saturated heterocycles. The van der Waals surface area contributed by atoms with Crippen molar-refractivity contribution in [3.05, 3.63) is 0 Å². The smallest absolute Gasteiger partial charge is 0.303 e. The lowest BCUT2D eigenvalue weighted by Crippen LogP contribution is -1.98. The van der Waals surface area contributed by atoms with Crippen LogP contribution in [-0.4, -0.2) is 28.8 Å². The molecule has 0 heterocycles. The summed E-state index contributed by atoms with van der Waals surface area (Å²) >= 11 is 0. The zero-order valence-electron chi connectivity index (χ0n) is 12.0. The van der Waals surface area contributed by atoms with Gasteiger partial charge in [-0.05, 0) is 32.7 Å². The Hall–Kier alpha value is -0.610. The van der Waals surface area contributed by atoms with Crippen LogP contribution in [0.25, 0.3) is 0 Å². The molecule has 0 fully saturated rings. The van der Waals surface area contributed by atoms with Crippen LogP contribution in [0.15, 0.2) is 0 Å². The van der Waals surface area contributed by atoms with Crippen LogP contribution in [-0.2, 0) is 4.79 Å². The van der Waals surface area contributed by atoms with Gasteiger partial charge in [-0.25, -0.2) is 0 Å². The minimum absolute atomic E-state index is 0.0958. The Morgan fingerprint density at radius 1 is 1.11 bits per heavy atom. The number of rotatable bonds is 10. The molecule has 1 atom stereocenters. The third-order valence-corrected chi connectivity index (χ3v) is 2.57. The third kappa shape index (κ3) is 24.6. The number of aliphatic hydroxyl groups excluding tert-OH is 1. The molecule has 0 rings (SSSR count). The van der Waals surface area contributed by atoms with Crippen molar-refractivity contribution < 1.29 is 15.0 Å². The normalized spacial score (nSPS) is 11.6. The fourth-order valence-electron chi connectivity index (χ4n) is 1.46. The summed E-state index contributed by atoms with van der Waals surface area (Å²) in [6.45, 7) is 4.73. The highest BCUT2D eigenvalue weighted by Gasteiger charge is 1.94. The lowest BCUT2D eigenvalue weighted by atomic mass is 10.1. The van der Waals surface area contributed by atoms with Crippen LogP contribution in [0.3, 0.4) is 0 Å². The lowest BCUT2D eigenvalue weighted by molar-refractivity contribution is -0.137. The Balaban J connectivity index is 0. The van der Waals surface area contributed by atoms with Crippen molar-refractivity contribution in [3.63, 3.8) is 0 Å². The number of aliphatic carboxylic acids is 1. The highest BCUT2D eigenvalue weighted by Crippen LogP contribution is 2.01. The van der Waals surface area contributed by atoms with E-state index in [1.807, 2.05) is 6.92 Å². The van der Waals surface area contributed by atoms with Crippen molar-refractivity contribution in [3.8, 4) is 0 Å². The van der Waals surface area contributed by atoms with Crippen LogP contribution < -0.4 is 5.73 Å². The number of carbonyl (C=O) groups is 1. The van der Waals surface area contributed by atoms with Crippen molar-refractivity contribution in [2.45, 2.75) is 77.7 Å². The van der Waals surface area contributed by atoms with Crippen LogP contribution in [0.2, 0.25) is 0 Å². The van der Waals surface area contributed by atoms with E-state index in [0.717, 1.165) is 32.1 Å². The Bertz CT molecular complexity index is 172. The molecule has 110 valence electrons. The number of carboxylic acids is 1. The largest absolute Gasteiger partial charge is 0.481 e. The lowest BCUT2D eigenvalue weighted by Gasteiger charge is -2.00. The number of nitrogens with two attached hydrogens (primary N) is 1. The summed E-state index contributed by atoms with van der Waals surface area (Å²) in [4.78, 5) is 10.0. The van der Waals surface area contributed by atoms with Gasteiger partial charge in [-0.1, -0.05) is 39.0 Å². The number of unbranched alkanes of at least 4 members (excludes halogenated alkanes) is 5. The van der Waals surface area contributed by atoms with Crippen molar-refractivity contribution >= 4 is 5.97 Å². The predicted molar refractivity (Wildman–Crippen MR) is 75.6 cm³/mol. The first-order chi connectivity index (χ1) is 8.54. The number of aliphatic hydroxyl groups is 1. The van der Waals surface area contributed by atoms with Gasteiger partial charge in [0.2, 0.25) is 0 Å². The summed E-state index contributed by atoms with van der Waals surface area (Å²) in [7, 11) is 0. The molecule has 0 aliphatic heterocycles. The summed E-state index contributed by atoms with van der Waals surface area (Å²) in [5, 5.41) is 17.0. The van der Waals surface area contributed by atoms with Gasteiger partial charge in [-0.15, -0.1) is 0 Å². The maximum absolute atomic E-state index is 10.0. The summed E-state index contributed by atoms with van der Waals surface area (Å²) in [6, 6.07) is 0. The van der Waals surface area contributed by atoms with Gasteiger partial charge in [0.25, 0.3) is 0 Å². The van der Waals surface area contributed by atoms with Gasteiger partial charge in [0, 0.05) is 6.42 Å². The summed E-state index contributed by atoms with van der Waals surface area (Å²) < 4.78 is 0. The van der Waals surface area contributed by atoms with Crippen LogP contribution in [0.5, 0.6) is 0 Å². The number of hydrogen-bond acceptors (Lipinski definition) is 3. The highest BCUT2D eigenvalue weighted by molar-refractivity contribution is 5.66. The number of carboxylic acid groups (broad SMARTS) is 1. The van der Waals surface area contributed by atoms with E-state index in [1.54, 1.807) is 0 Å². The van der Waals surface area contributed by atoms with Crippen LogP contribution in [0.1, 0.15) is 71.6 Å². The monoisotopic (exact) mass is 261 g/mol. The first-order valence-corrected chi connectivity index (χ1v) is 7.14. The Kier molecular flexibility index (Phi) is 18.0. The Morgan fingerprint density at radius 3 is 2.17 bits per heavy atom. The molecule has 0 saturated carbocycles. The quantitative estimate of drug-likeness (QED) is 0.528. The van der Waals surface area contributed by atoms with Gasteiger partial charge >= 0.3 is 5.97 Å². The van der Waals surface area contributed by atoms with Crippen LogP contribution in [0, 0.1) is 0 Å². The molecule has 0 aliphatic carbocycles. The average molecular weight is 261 g/mol. The van der Waals surface area contributed by atoms with E-state index in [4.69, 9.17) is 15.9 Å². The molecule has 0 spiro atoms. The van der Waals surface area contributed by atoms with Gasteiger partial charge < -0.3 is 15.9 Å². The molecule has 0 aromatic heterocycles. The molecule has 0 radical (unpaired) electrons. The molecule has 0 aliphatic rings. The van der Waals surface area contributed by atoms with E-state index in [2.05, 4.69) is 6.92 Å². The summed E-state index contributed by atoms with van der Waals surface area (Å²) in [6.07, 6.45) is 8.69. The molecule has 4 heteroatoms. The molecule has 4 N–H and O–H groups in total. The fraction of sp³-hybridized carbons (Fsp3) is 0.929. The highest BCUT2D eigenvalue weighted by atomic mass is 16.4. The average Bonchev–Trinajstić information content (AvgIpc) is 2.29. The van der Waals surface area contributed by atoms with Gasteiger partial charge in [0.15, 0.2) is 0 Å². The maximum Gasteiger partial charge on any atom is 0.303 e. The second-order valence-electron chi connectivity index (χ2n) is 4.69. The molecule has 1 unspecified atom stereocenters. The minimum atomic E-state index is -0.701. The molecular formula is C14H31NO3. The second kappa shape index (κ2) is 16.4. The fourth-order valence-corrected chi connectivity index (χ4v) is 1.46. The molecule has 0 aromatic carbocycles. The third-order valence-electron chi connectivity index (χ3n) is 2.57. The molecule has 0 aromatic rings. The first kappa shape index (κ1) is 19.7. The van der Waals surface area contributed by atoms with E-state index < -0.39 is 5.97 Å². The predicted octanol–water partition coefficient (Wildman–Crippen LogP) is 2.93. The zero-order valence-corrected chi connectivity index (χ0v) is 12.0. The molecule has 4 nitrogen and oxygen atoms in total. The topological polar surface area (TPSA) is 83.5 Å².